The van der Waals surface area contributed by atoms with Gasteiger partial charge in [0.1, 0.15) is 11.4 Å². The fourth-order valence-corrected chi connectivity index (χ4v) is 2.95. The minimum atomic E-state index is -4.37. The van der Waals surface area contributed by atoms with Crippen molar-refractivity contribution in [2.45, 2.75) is 57.8 Å². The third-order valence-corrected chi connectivity index (χ3v) is 4.05. The molecular weight excluding hydrogens is 305 g/mol. The molecule has 1 aliphatic heterocycles. The van der Waals surface area contributed by atoms with Crippen LogP contribution in [0.3, 0.4) is 0 Å². The summed E-state index contributed by atoms with van der Waals surface area (Å²) in [5, 5.41) is 2.90. The van der Waals surface area contributed by atoms with E-state index in [-0.39, 0.29) is 11.6 Å². The Hall–Kier alpha value is -1.85. The molecule has 0 saturated heterocycles. The molecule has 23 heavy (non-hydrogen) atoms. The minimum Gasteiger partial charge on any atom is -0.326 e. The number of aliphatic imine (C=N–C) groups is 1. The second kappa shape index (κ2) is 6.72. The van der Waals surface area contributed by atoms with Crippen molar-refractivity contribution in [3.63, 3.8) is 0 Å². The van der Waals surface area contributed by atoms with Crippen molar-refractivity contribution in [1.29, 1.82) is 0 Å². The molecule has 1 saturated carbocycles. The van der Waals surface area contributed by atoms with Crippen LogP contribution in [-0.4, -0.2) is 17.3 Å². The molecule has 0 radical (unpaired) electrons. The van der Waals surface area contributed by atoms with Gasteiger partial charge < -0.3 is 5.32 Å². The summed E-state index contributed by atoms with van der Waals surface area (Å²) in [6.45, 7) is 4.00. The van der Waals surface area contributed by atoms with E-state index in [0.29, 0.717) is 5.56 Å². The maximum Gasteiger partial charge on any atom is 0.416 e. The smallest absolute Gasteiger partial charge is 0.326 e. The van der Waals surface area contributed by atoms with Gasteiger partial charge in [-0.05, 0) is 37.8 Å². The maximum atomic E-state index is 12.5. The summed E-state index contributed by atoms with van der Waals surface area (Å²) in [6, 6.07) is 4.58. The standard InChI is InChI=1S/C15H15F3N2O.C2H6/c16-15(17,18)11-6-4-10(5-7-11)12-13(21)20-14(19-12)8-2-1-3-9-14;1-2/h4-7H,1-3,8-9H2,(H,20,21);1-2H3. The van der Waals surface area contributed by atoms with Crippen LogP contribution in [-0.2, 0) is 11.0 Å². The Labute approximate surface area is 134 Å². The highest BCUT2D eigenvalue weighted by molar-refractivity contribution is 6.46. The van der Waals surface area contributed by atoms with Crippen LogP contribution in [0.5, 0.6) is 0 Å². The molecule has 0 aromatic heterocycles. The Morgan fingerprint density at radius 1 is 1.04 bits per heavy atom. The van der Waals surface area contributed by atoms with Gasteiger partial charge in [-0.3, -0.25) is 9.79 Å². The zero-order chi connectivity index (χ0) is 17.1. The number of benzene rings is 1. The molecule has 1 heterocycles. The van der Waals surface area contributed by atoms with Gasteiger partial charge in [0.15, 0.2) is 0 Å². The molecule has 1 aliphatic carbocycles. The Morgan fingerprint density at radius 3 is 2.13 bits per heavy atom. The molecule has 0 bridgehead atoms. The van der Waals surface area contributed by atoms with E-state index in [0.717, 1.165) is 44.2 Å². The lowest BCUT2D eigenvalue weighted by Gasteiger charge is -2.30. The summed E-state index contributed by atoms with van der Waals surface area (Å²) < 4.78 is 37.6. The highest BCUT2D eigenvalue weighted by Gasteiger charge is 2.40. The van der Waals surface area contributed by atoms with Crippen molar-refractivity contribution in [2.75, 3.05) is 0 Å². The number of hydrogen-bond acceptors (Lipinski definition) is 2. The summed E-state index contributed by atoms with van der Waals surface area (Å²) in [6.07, 6.45) is 0.353. The Kier molecular flexibility index (Phi) is 5.12. The molecule has 3 rings (SSSR count). The number of carbonyl (C=O) groups excluding carboxylic acids is 1. The summed E-state index contributed by atoms with van der Waals surface area (Å²) in [4.78, 5) is 16.6. The fourth-order valence-electron chi connectivity index (χ4n) is 2.95. The average molecular weight is 326 g/mol. The summed E-state index contributed by atoms with van der Waals surface area (Å²) >= 11 is 0. The van der Waals surface area contributed by atoms with Crippen LogP contribution in [0.15, 0.2) is 29.3 Å². The molecule has 1 amide bonds. The van der Waals surface area contributed by atoms with Gasteiger partial charge in [-0.1, -0.05) is 32.4 Å². The first-order chi connectivity index (χ1) is 10.9. The molecule has 1 aromatic rings. The topological polar surface area (TPSA) is 41.5 Å². The summed E-state index contributed by atoms with van der Waals surface area (Å²) in [5.74, 6) is -0.295. The van der Waals surface area contributed by atoms with E-state index in [1.165, 1.54) is 12.1 Å². The molecule has 1 aromatic carbocycles. The van der Waals surface area contributed by atoms with E-state index in [2.05, 4.69) is 10.3 Å². The van der Waals surface area contributed by atoms with E-state index < -0.39 is 17.4 Å². The lowest BCUT2D eigenvalue weighted by Crippen LogP contribution is -2.43. The largest absolute Gasteiger partial charge is 0.416 e. The minimum absolute atomic E-state index is 0.241. The number of nitrogens with zero attached hydrogens (tertiary/aromatic N) is 1. The van der Waals surface area contributed by atoms with Crippen LogP contribution in [0, 0.1) is 0 Å². The van der Waals surface area contributed by atoms with Gasteiger partial charge in [-0.15, -0.1) is 0 Å². The number of hydrogen-bond donors (Lipinski definition) is 1. The predicted octanol–water partition coefficient (Wildman–Crippen LogP) is 4.31. The van der Waals surface area contributed by atoms with Gasteiger partial charge in [-0.25, -0.2) is 0 Å². The predicted molar refractivity (Wildman–Crippen MR) is 83.3 cm³/mol. The Morgan fingerprint density at radius 2 is 1.61 bits per heavy atom. The quantitative estimate of drug-likeness (QED) is 0.821. The van der Waals surface area contributed by atoms with Gasteiger partial charge in [0.05, 0.1) is 5.56 Å². The third-order valence-electron chi connectivity index (χ3n) is 4.05. The van der Waals surface area contributed by atoms with Crippen molar-refractivity contribution in [3.8, 4) is 0 Å². The zero-order valence-corrected chi connectivity index (χ0v) is 13.3. The lowest BCUT2D eigenvalue weighted by atomic mass is 9.90. The lowest BCUT2D eigenvalue weighted by molar-refractivity contribution is -0.137. The number of nitrogens with one attached hydrogen (secondary N) is 1. The van der Waals surface area contributed by atoms with Crippen LogP contribution in [0.25, 0.3) is 0 Å². The van der Waals surface area contributed by atoms with E-state index in [4.69, 9.17) is 0 Å². The third kappa shape index (κ3) is 3.74. The Balaban J connectivity index is 0.000000924. The van der Waals surface area contributed by atoms with Gasteiger partial charge in [0.2, 0.25) is 0 Å². The zero-order valence-electron chi connectivity index (χ0n) is 13.3. The second-order valence-electron chi connectivity index (χ2n) is 5.58. The van der Waals surface area contributed by atoms with Crippen molar-refractivity contribution in [1.82, 2.24) is 5.32 Å². The fraction of sp³-hybridized carbons (Fsp3) is 0.529. The molecule has 126 valence electrons. The highest BCUT2D eigenvalue weighted by atomic mass is 19.4. The Bertz CT molecular complexity index is 585. The number of rotatable bonds is 1. The first-order valence-electron chi connectivity index (χ1n) is 8.00. The van der Waals surface area contributed by atoms with Gasteiger partial charge in [-0.2, -0.15) is 13.2 Å². The van der Waals surface area contributed by atoms with Crippen LogP contribution in [0.4, 0.5) is 13.2 Å². The summed E-state index contributed by atoms with van der Waals surface area (Å²) in [5.41, 5.74) is -0.584. The molecule has 1 fully saturated rings. The van der Waals surface area contributed by atoms with Gasteiger partial charge >= 0.3 is 6.18 Å². The van der Waals surface area contributed by atoms with E-state index in [9.17, 15) is 18.0 Å². The van der Waals surface area contributed by atoms with E-state index in [1.54, 1.807) is 0 Å². The van der Waals surface area contributed by atoms with Crippen LogP contribution in [0.2, 0.25) is 0 Å². The average Bonchev–Trinajstić information content (AvgIpc) is 2.85. The molecule has 3 nitrogen and oxygen atoms in total. The number of amides is 1. The van der Waals surface area contributed by atoms with Crippen molar-refractivity contribution in [2.24, 2.45) is 4.99 Å². The molecule has 0 atom stereocenters. The number of carbonyl (C=O) groups is 1. The van der Waals surface area contributed by atoms with Gasteiger partial charge in [0, 0.05) is 5.56 Å². The maximum absolute atomic E-state index is 12.5. The van der Waals surface area contributed by atoms with Crippen molar-refractivity contribution < 1.29 is 18.0 Å². The summed E-state index contributed by atoms with van der Waals surface area (Å²) in [7, 11) is 0. The molecule has 6 heteroatoms. The van der Waals surface area contributed by atoms with Crippen LogP contribution < -0.4 is 5.32 Å². The monoisotopic (exact) mass is 326 g/mol. The first kappa shape index (κ1) is 17.5. The molecule has 0 unspecified atom stereocenters. The van der Waals surface area contributed by atoms with Crippen LogP contribution in [0.1, 0.15) is 57.1 Å². The van der Waals surface area contributed by atoms with E-state index >= 15 is 0 Å². The van der Waals surface area contributed by atoms with Gasteiger partial charge in [0.25, 0.3) is 5.91 Å². The normalized spacial score (nSPS) is 19.7. The first-order valence-corrected chi connectivity index (χ1v) is 8.00. The van der Waals surface area contributed by atoms with Crippen molar-refractivity contribution in [3.05, 3.63) is 35.4 Å². The molecule has 2 aliphatic rings. The molecular formula is C17H21F3N2O. The highest BCUT2D eigenvalue weighted by Crippen LogP contribution is 2.34. The number of alkyl halides is 3. The molecule has 1 spiro atoms. The number of halogens is 3. The van der Waals surface area contributed by atoms with Crippen molar-refractivity contribution >= 4 is 11.6 Å². The molecule has 1 N–H and O–H groups in total. The second-order valence-corrected chi connectivity index (χ2v) is 5.58. The van der Waals surface area contributed by atoms with Crippen LogP contribution >= 0.6 is 0 Å². The SMILES string of the molecule is CC.O=C1NC2(CCCCC2)N=C1c1ccc(C(F)(F)F)cc1. The van der Waals surface area contributed by atoms with E-state index in [1.807, 2.05) is 13.8 Å².